The normalized spacial score (nSPS) is 17.4. The number of para-hydroxylation sites is 1. The van der Waals surface area contributed by atoms with E-state index in [-0.39, 0.29) is 12.1 Å². The van der Waals surface area contributed by atoms with Crippen LogP contribution in [-0.4, -0.2) is 39.9 Å². The van der Waals surface area contributed by atoms with Crippen LogP contribution in [0.5, 0.6) is 5.75 Å². The lowest BCUT2D eigenvalue weighted by molar-refractivity contribution is 0.0199. The van der Waals surface area contributed by atoms with E-state index in [4.69, 9.17) is 14.0 Å². The summed E-state index contributed by atoms with van der Waals surface area (Å²) in [7, 11) is 0. The summed E-state index contributed by atoms with van der Waals surface area (Å²) in [4.78, 5) is 18.6. The Labute approximate surface area is 153 Å². The Morgan fingerprint density at radius 2 is 2.12 bits per heavy atom. The molecule has 0 radical (unpaired) electrons. The van der Waals surface area contributed by atoms with Gasteiger partial charge in [-0.05, 0) is 52.7 Å². The van der Waals surface area contributed by atoms with Crippen molar-refractivity contribution in [3.63, 3.8) is 0 Å². The van der Waals surface area contributed by atoms with Crippen LogP contribution in [0.3, 0.4) is 0 Å². The molecule has 1 fully saturated rings. The average Bonchev–Trinajstić information content (AvgIpc) is 3.23. The third kappa shape index (κ3) is 3.98. The summed E-state index contributed by atoms with van der Waals surface area (Å²) in [6.07, 6.45) is 1.29. The number of carbonyl (C=O) groups is 1. The molecule has 1 amide bonds. The van der Waals surface area contributed by atoms with Crippen molar-refractivity contribution in [2.24, 2.45) is 0 Å². The molecule has 0 spiro atoms. The summed E-state index contributed by atoms with van der Waals surface area (Å²) in [5.74, 6) is 1.59. The fraction of sp³-hybridized carbons (Fsp3) is 0.526. The van der Waals surface area contributed by atoms with E-state index in [1.165, 1.54) is 0 Å². The van der Waals surface area contributed by atoms with Crippen LogP contribution in [0.4, 0.5) is 4.79 Å². The molecule has 140 valence electrons. The van der Waals surface area contributed by atoms with Gasteiger partial charge in [0.05, 0.1) is 12.2 Å². The maximum absolute atomic E-state index is 12.5. The lowest BCUT2D eigenvalue weighted by Crippen LogP contribution is -2.36. The molecule has 0 N–H and O–H groups in total. The van der Waals surface area contributed by atoms with Gasteiger partial charge in [-0.2, -0.15) is 4.98 Å². The molecule has 1 aromatic heterocycles. The number of aromatic nitrogens is 2. The van der Waals surface area contributed by atoms with Gasteiger partial charge in [0, 0.05) is 6.54 Å². The summed E-state index contributed by atoms with van der Waals surface area (Å²) >= 11 is 0. The summed E-state index contributed by atoms with van der Waals surface area (Å²) in [5.41, 5.74) is 0.229. The number of amides is 1. The molecule has 1 aliphatic heterocycles. The lowest BCUT2D eigenvalue weighted by atomic mass is 10.2. The Hall–Kier alpha value is -2.57. The van der Waals surface area contributed by atoms with Crippen molar-refractivity contribution in [1.29, 1.82) is 0 Å². The van der Waals surface area contributed by atoms with Gasteiger partial charge in [-0.25, -0.2) is 4.79 Å². The quantitative estimate of drug-likeness (QED) is 0.814. The molecule has 26 heavy (non-hydrogen) atoms. The molecule has 7 nitrogen and oxygen atoms in total. The first-order valence-corrected chi connectivity index (χ1v) is 8.94. The Morgan fingerprint density at radius 3 is 2.85 bits per heavy atom. The number of carbonyl (C=O) groups excluding carboxylic acids is 1. The largest absolute Gasteiger partial charge is 0.493 e. The second-order valence-electron chi connectivity index (χ2n) is 7.22. The van der Waals surface area contributed by atoms with Gasteiger partial charge in [-0.15, -0.1) is 0 Å². The third-order valence-corrected chi connectivity index (χ3v) is 4.04. The van der Waals surface area contributed by atoms with Gasteiger partial charge in [0.2, 0.25) is 11.7 Å². The number of nitrogens with zero attached hydrogens (tertiary/aromatic N) is 3. The highest BCUT2D eigenvalue weighted by Crippen LogP contribution is 2.34. The first-order valence-electron chi connectivity index (χ1n) is 8.94. The van der Waals surface area contributed by atoms with Crippen molar-refractivity contribution in [1.82, 2.24) is 15.0 Å². The van der Waals surface area contributed by atoms with E-state index in [1.54, 1.807) is 4.90 Å². The van der Waals surface area contributed by atoms with Gasteiger partial charge in [0.25, 0.3) is 0 Å². The fourth-order valence-electron chi connectivity index (χ4n) is 2.98. The van der Waals surface area contributed by atoms with E-state index in [9.17, 15) is 4.79 Å². The molecule has 0 bridgehead atoms. The van der Waals surface area contributed by atoms with Crippen molar-refractivity contribution in [3.8, 4) is 17.1 Å². The van der Waals surface area contributed by atoms with Crippen LogP contribution in [0.25, 0.3) is 11.4 Å². The standard InChI is InChI=1S/C19H25N3O4/c1-5-24-15-11-7-6-9-13(15)16-20-17(26-21-16)14-10-8-12-22(14)18(23)25-19(2,3)4/h6-7,9,11,14H,5,8,10,12H2,1-4H3/t14-/m0/s1. The van der Waals surface area contributed by atoms with E-state index in [0.29, 0.717) is 30.6 Å². The minimum atomic E-state index is -0.541. The molecule has 0 unspecified atom stereocenters. The first-order chi connectivity index (χ1) is 12.4. The highest BCUT2D eigenvalue weighted by atomic mass is 16.6. The zero-order chi connectivity index (χ0) is 18.7. The van der Waals surface area contributed by atoms with Gasteiger partial charge in [-0.3, -0.25) is 4.90 Å². The number of hydrogen-bond acceptors (Lipinski definition) is 6. The fourth-order valence-corrected chi connectivity index (χ4v) is 2.98. The van der Waals surface area contributed by atoms with Gasteiger partial charge in [0.1, 0.15) is 17.4 Å². The van der Waals surface area contributed by atoms with E-state index in [1.807, 2.05) is 52.0 Å². The van der Waals surface area contributed by atoms with E-state index < -0.39 is 5.60 Å². The molecule has 2 heterocycles. The molecule has 0 aliphatic carbocycles. The van der Waals surface area contributed by atoms with Crippen LogP contribution < -0.4 is 4.74 Å². The maximum Gasteiger partial charge on any atom is 0.410 e. The van der Waals surface area contributed by atoms with E-state index in [2.05, 4.69) is 10.1 Å². The van der Waals surface area contributed by atoms with Crippen molar-refractivity contribution in [2.45, 2.75) is 52.2 Å². The maximum atomic E-state index is 12.5. The number of rotatable bonds is 4. The molecule has 1 saturated heterocycles. The van der Waals surface area contributed by atoms with Crippen LogP contribution in [0.2, 0.25) is 0 Å². The van der Waals surface area contributed by atoms with Crippen LogP contribution in [0, 0.1) is 0 Å². The van der Waals surface area contributed by atoms with Crippen LogP contribution in [-0.2, 0) is 4.74 Å². The molecule has 7 heteroatoms. The molecule has 2 aromatic rings. The molecule has 3 rings (SSSR count). The summed E-state index contributed by atoms with van der Waals surface area (Å²) < 4.78 is 16.6. The van der Waals surface area contributed by atoms with Crippen molar-refractivity contribution in [3.05, 3.63) is 30.2 Å². The monoisotopic (exact) mass is 359 g/mol. The van der Waals surface area contributed by atoms with Gasteiger partial charge in [-0.1, -0.05) is 17.3 Å². The minimum absolute atomic E-state index is 0.259. The molecule has 1 atom stereocenters. The smallest absolute Gasteiger partial charge is 0.410 e. The zero-order valence-corrected chi connectivity index (χ0v) is 15.7. The van der Waals surface area contributed by atoms with E-state index >= 15 is 0 Å². The number of ether oxygens (including phenoxy) is 2. The van der Waals surface area contributed by atoms with Gasteiger partial charge in [0.15, 0.2) is 0 Å². The summed E-state index contributed by atoms with van der Waals surface area (Å²) in [6, 6.07) is 7.30. The van der Waals surface area contributed by atoms with Crippen molar-refractivity contribution >= 4 is 6.09 Å². The second-order valence-corrected chi connectivity index (χ2v) is 7.22. The van der Waals surface area contributed by atoms with Gasteiger partial charge < -0.3 is 14.0 Å². The Bertz CT molecular complexity index is 766. The highest BCUT2D eigenvalue weighted by molar-refractivity contribution is 5.69. The number of benzene rings is 1. The van der Waals surface area contributed by atoms with E-state index in [0.717, 1.165) is 18.4 Å². The summed E-state index contributed by atoms with van der Waals surface area (Å²) in [6.45, 7) is 8.65. The van der Waals surface area contributed by atoms with Crippen LogP contribution in [0.1, 0.15) is 52.5 Å². The minimum Gasteiger partial charge on any atom is -0.493 e. The topological polar surface area (TPSA) is 77.7 Å². The van der Waals surface area contributed by atoms with Crippen molar-refractivity contribution < 1.29 is 18.8 Å². The highest BCUT2D eigenvalue weighted by Gasteiger charge is 2.36. The molecular weight excluding hydrogens is 334 g/mol. The second kappa shape index (κ2) is 7.35. The summed E-state index contributed by atoms with van der Waals surface area (Å²) in [5, 5.41) is 4.10. The van der Waals surface area contributed by atoms with Crippen LogP contribution >= 0.6 is 0 Å². The third-order valence-electron chi connectivity index (χ3n) is 4.04. The van der Waals surface area contributed by atoms with Crippen molar-refractivity contribution in [2.75, 3.05) is 13.2 Å². The Balaban J connectivity index is 1.82. The predicted molar refractivity (Wildman–Crippen MR) is 95.8 cm³/mol. The first kappa shape index (κ1) is 18.2. The average molecular weight is 359 g/mol. The molecule has 0 saturated carbocycles. The number of likely N-dealkylation sites (tertiary alicyclic amines) is 1. The van der Waals surface area contributed by atoms with Crippen LogP contribution in [0.15, 0.2) is 28.8 Å². The lowest BCUT2D eigenvalue weighted by Gasteiger charge is -2.26. The molecule has 1 aliphatic rings. The van der Waals surface area contributed by atoms with Gasteiger partial charge >= 0.3 is 6.09 Å². The zero-order valence-electron chi connectivity index (χ0n) is 15.7. The molecule has 1 aromatic carbocycles. The Morgan fingerprint density at radius 1 is 1.35 bits per heavy atom. The predicted octanol–water partition coefficient (Wildman–Crippen LogP) is 4.21. The number of hydrogen-bond donors (Lipinski definition) is 0. The molecular formula is C19H25N3O4. The SMILES string of the molecule is CCOc1ccccc1-c1noc([C@@H]2CCCN2C(=O)OC(C)(C)C)n1. The Kier molecular flexibility index (Phi) is 5.15.